The van der Waals surface area contributed by atoms with E-state index in [1.54, 1.807) is 0 Å². The van der Waals surface area contributed by atoms with Gasteiger partial charge in [-0.05, 0) is 18.3 Å². The number of halogens is 1. The van der Waals surface area contributed by atoms with Crippen LogP contribution in [0.4, 0.5) is 0 Å². The van der Waals surface area contributed by atoms with Crippen LogP contribution in [0.1, 0.15) is 59.3 Å². The Morgan fingerprint density at radius 3 is 2.29 bits per heavy atom. The largest absolute Gasteiger partial charge is 0.355 e. The van der Waals surface area contributed by atoms with E-state index < -0.39 is 0 Å². The van der Waals surface area contributed by atoms with E-state index in [1.807, 2.05) is 0 Å². The van der Waals surface area contributed by atoms with Gasteiger partial charge < -0.3 is 5.32 Å². The third-order valence-electron chi connectivity index (χ3n) is 3.55. The second-order valence-corrected chi connectivity index (χ2v) is 6.98. The second kappa shape index (κ2) is 6.08. The maximum atomic E-state index is 11.8. The van der Waals surface area contributed by atoms with Crippen molar-refractivity contribution in [2.75, 3.05) is 12.4 Å². The van der Waals surface area contributed by atoms with Gasteiger partial charge in [0.05, 0.1) is 0 Å². The number of nitrogens with one attached hydrogen (secondary N) is 1. The average Bonchev–Trinajstić information content (AvgIpc) is 2.25. The van der Waals surface area contributed by atoms with Crippen molar-refractivity contribution in [1.29, 1.82) is 0 Å². The molecule has 0 aliphatic heterocycles. The van der Waals surface area contributed by atoms with Gasteiger partial charge in [0.1, 0.15) is 0 Å². The lowest BCUT2D eigenvalue weighted by atomic mass is 9.75. The van der Waals surface area contributed by atoms with E-state index in [9.17, 15) is 4.79 Å². The zero-order valence-electron chi connectivity index (χ0n) is 11.4. The van der Waals surface area contributed by atoms with E-state index in [-0.39, 0.29) is 16.7 Å². The Kier molecular flexibility index (Phi) is 5.30. The summed E-state index contributed by atoms with van der Waals surface area (Å²) < 4.78 is 0. The summed E-state index contributed by atoms with van der Waals surface area (Å²) in [6, 6.07) is 0. The predicted octanol–water partition coefficient (Wildman–Crippen LogP) is 3.73. The van der Waals surface area contributed by atoms with E-state index >= 15 is 0 Å². The quantitative estimate of drug-likeness (QED) is 0.766. The van der Waals surface area contributed by atoms with Crippen LogP contribution in [0.25, 0.3) is 0 Å². The first-order chi connectivity index (χ1) is 7.87. The molecule has 1 rings (SSSR count). The van der Waals surface area contributed by atoms with Crippen molar-refractivity contribution in [2.24, 2.45) is 10.8 Å². The average molecular weight is 260 g/mol. The van der Waals surface area contributed by atoms with Gasteiger partial charge in [0.15, 0.2) is 0 Å². The number of hydrogen-bond acceptors (Lipinski definition) is 1. The molecule has 0 aromatic carbocycles. The third kappa shape index (κ3) is 5.29. The molecule has 0 spiro atoms. The first-order valence-electron chi connectivity index (χ1n) is 6.70. The molecule has 1 amide bonds. The number of carbonyl (C=O) groups is 1. The van der Waals surface area contributed by atoms with Gasteiger partial charge in [-0.2, -0.15) is 0 Å². The van der Waals surface area contributed by atoms with Gasteiger partial charge in [-0.15, -0.1) is 11.6 Å². The molecule has 1 N–H and O–H groups in total. The Morgan fingerprint density at radius 2 is 1.82 bits per heavy atom. The number of hydrogen-bond donors (Lipinski definition) is 1. The van der Waals surface area contributed by atoms with E-state index in [0.717, 1.165) is 19.4 Å². The highest BCUT2D eigenvalue weighted by molar-refractivity contribution is 6.18. The monoisotopic (exact) mass is 259 g/mol. The van der Waals surface area contributed by atoms with Crippen molar-refractivity contribution in [3.63, 3.8) is 0 Å². The van der Waals surface area contributed by atoms with Crippen molar-refractivity contribution < 1.29 is 4.79 Å². The standard InChI is InChI=1S/C14H26ClNO/c1-13(2,3)9-12(17)16-11-14(10-15)7-5-4-6-8-14/h4-11H2,1-3H3,(H,16,17). The molecule has 2 nitrogen and oxygen atoms in total. The number of carbonyl (C=O) groups excluding carboxylic acids is 1. The summed E-state index contributed by atoms with van der Waals surface area (Å²) >= 11 is 6.10. The minimum atomic E-state index is 0.0603. The van der Waals surface area contributed by atoms with E-state index in [4.69, 9.17) is 11.6 Å². The molecule has 0 heterocycles. The molecular formula is C14H26ClNO. The fourth-order valence-corrected chi connectivity index (χ4v) is 2.85. The molecule has 100 valence electrons. The third-order valence-corrected chi connectivity index (χ3v) is 4.12. The maximum absolute atomic E-state index is 11.8. The molecule has 0 bridgehead atoms. The van der Waals surface area contributed by atoms with Crippen molar-refractivity contribution >= 4 is 17.5 Å². The summed E-state index contributed by atoms with van der Waals surface area (Å²) in [7, 11) is 0. The van der Waals surface area contributed by atoms with Crippen molar-refractivity contribution in [3.05, 3.63) is 0 Å². The Hall–Kier alpha value is -0.240. The summed E-state index contributed by atoms with van der Waals surface area (Å²) in [5.41, 5.74) is 0.220. The number of alkyl halides is 1. The Morgan fingerprint density at radius 1 is 1.24 bits per heavy atom. The van der Waals surface area contributed by atoms with Crippen LogP contribution in [-0.2, 0) is 4.79 Å². The Bertz CT molecular complexity index is 251. The molecule has 1 aliphatic carbocycles. The Balaban J connectivity index is 2.39. The zero-order chi connectivity index (χ0) is 12.9. The van der Waals surface area contributed by atoms with Gasteiger partial charge in [-0.3, -0.25) is 4.79 Å². The molecule has 0 atom stereocenters. The van der Waals surface area contributed by atoms with Crippen LogP contribution in [-0.4, -0.2) is 18.3 Å². The molecule has 3 heteroatoms. The smallest absolute Gasteiger partial charge is 0.220 e. The van der Waals surface area contributed by atoms with Gasteiger partial charge in [0, 0.05) is 24.3 Å². The summed E-state index contributed by atoms with van der Waals surface area (Å²) in [4.78, 5) is 11.8. The lowest BCUT2D eigenvalue weighted by Gasteiger charge is -2.35. The Labute approximate surface area is 110 Å². The minimum Gasteiger partial charge on any atom is -0.355 e. The second-order valence-electron chi connectivity index (χ2n) is 6.71. The van der Waals surface area contributed by atoms with Crippen LogP contribution in [0.3, 0.4) is 0 Å². The fourth-order valence-electron chi connectivity index (χ4n) is 2.49. The molecule has 1 fully saturated rings. The van der Waals surface area contributed by atoms with Gasteiger partial charge in [0.2, 0.25) is 5.91 Å². The summed E-state index contributed by atoms with van der Waals surface area (Å²) in [6.45, 7) is 7.02. The summed E-state index contributed by atoms with van der Waals surface area (Å²) in [5, 5.41) is 3.08. The summed E-state index contributed by atoms with van der Waals surface area (Å²) in [6.07, 6.45) is 6.72. The molecule has 0 saturated heterocycles. The molecule has 1 saturated carbocycles. The lowest BCUT2D eigenvalue weighted by molar-refractivity contribution is -0.123. The minimum absolute atomic E-state index is 0.0603. The van der Waals surface area contributed by atoms with Crippen LogP contribution in [0.5, 0.6) is 0 Å². The highest BCUT2D eigenvalue weighted by Crippen LogP contribution is 2.36. The fraction of sp³-hybridized carbons (Fsp3) is 0.929. The van der Waals surface area contributed by atoms with Crippen LogP contribution < -0.4 is 5.32 Å². The van der Waals surface area contributed by atoms with E-state index in [0.29, 0.717) is 12.3 Å². The van der Waals surface area contributed by atoms with Crippen LogP contribution >= 0.6 is 11.6 Å². The van der Waals surface area contributed by atoms with Crippen molar-refractivity contribution in [1.82, 2.24) is 5.32 Å². The van der Waals surface area contributed by atoms with Crippen LogP contribution in [0, 0.1) is 10.8 Å². The number of amides is 1. The van der Waals surface area contributed by atoms with Gasteiger partial charge in [0.25, 0.3) is 0 Å². The lowest BCUT2D eigenvalue weighted by Crippen LogP contribution is -2.41. The highest BCUT2D eigenvalue weighted by Gasteiger charge is 2.31. The highest BCUT2D eigenvalue weighted by atomic mass is 35.5. The number of rotatable bonds is 4. The summed E-state index contributed by atoms with van der Waals surface area (Å²) in [5.74, 6) is 0.829. The molecule has 0 radical (unpaired) electrons. The van der Waals surface area contributed by atoms with Crippen LogP contribution in [0.15, 0.2) is 0 Å². The normalized spacial score (nSPS) is 20.0. The van der Waals surface area contributed by atoms with Crippen molar-refractivity contribution in [2.45, 2.75) is 59.3 Å². The van der Waals surface area contributed by atoms with Crippen LogP contribution in [0.2, 0.25) is 0 Å². The predicted molar refractivity (Wildman–Crippen MR) is 73.3 cm³/mol. The molecule has 0 unspecified atom stereocenters. The first kappa shape index (κ1) is 14.8. The molecule has 1 aliphatic rings. The van der Waals surface area contributed by atoms with Gasteiger partial charge in [-0.1, -0.05) is 40.0 Å². The molecule has 0 aromatic heterocycles. The van der Waals surface area contributed by atoms with Gasteiger partial charge >= 0.3 is 0 Å². The maximum Gasteiger partial charge on any atom is 0.220 e. The SMILES string of the molecule is CC(C)(C)CC(=O)NCC1(CCl)CCCCC1. The molecular weight excluding hydrogens is 234 g/mol. The van der Waals surface area contributed by atoms with Crippen molar-refractivity contribution in [3.8, 4) is 0 Å². The zero-order valence-corrected chi connectivity index (χ0v) is 12.2. The van der Waals surface area contributed by atoms with E-state index in [1.165, 1.54) is 19.3 Å². The first-order valence-corrected chi connectivity index (χ1v) is 7.23. The van der Waals surface area contributed by atoms with E-state index in [2.05, 4.69) is 26.1 Å². The molecule has 0 aromatic rings. The molecule has 17 heavy (non-hydrogen) atoms. The topological polar surface area (TPSA) is 29.1 Å². The van der Waals surface area contributed by atoms with Gasteiger partial charge in [-0.25, -0.2) is 0 Å².